The summed E-state index contributed by atoms with van der Waals surface area (Å²) in [5.41, 5.74) is 3.70. The monoisotopic (exact) mass is 447 g/mol. The second-order valence-corrected chi connectivity index (χ2v) is 8.89. The van der Waals surface area contributed by atoms with E-state index in [0.29, 0.717) is 18.7 Å². The number of nitrogens with zero attached hydrogens (tertiary/aromatic N) is 5. The van der Waals surface area contributed by atoms with Crippen molar-refractivity contribution >= 4 is 11.6 Å². The lowest BCUT2D eigenvalue weighted by atomic mass is 10.1. The van der Waals surface area contributed by atoms with Crippen LogP contribution in [0.1, 0.15) is 27.9 Å². The lowest BCUT2D eigenvalue weighted by molar-refractivity contribution is 0.0628. The zero-order valence-corrected chi connectivity index (χ0v) is 19.7. The van der Waals surface area contributed by atoms with E-state index in [0.717, 1.165) is 69.1 Å². The molecule has 2 aliphatic rings. The lowest BCUT2D eigenvalue weighted by Gasteiger charge is -2.35. The summed E-state index contributed by atoms with van der Waals surface area (Å²) < 4.78 is 5.18. The Morgan fingerprint density at radius 2 is 1.73 bits per heavy atom. The van der Waals surface area contributed by atoms with Crippen molar-refractivity contribution in [3.63, 3.8) is 0 Å². The Morgan fingerprint density at radius 1 is 0.970 bits per heavy atom. The summed E-state index contributed by atoms with van der Waals surface area (Å²) in [4.78, 5) is 21.9. The highest BCUT2D eigenvalue weighted by Crippen LogP contribution is 2.23. The van der Waals surface area contributed by atoms with Crippen LogP contribution < -0.4 is 9.64 Å². The number of carbonyl (C=O) groups excluding carboxylic acids is 1. The number of likely N-dealkylation sites (N-methyl/N-ethyl adjacent to an activating group) is 1. The van der Waals surface area contributed by atoms with Gasteiger partial charge in [0.1, 0.15) is 5.75 Å². The van der Waals surface area contributed by atoms with Crippen LogP contribution in [-0.2, 0) is 6.54 Å². The third-order valence-corrected chi connectivity index (χ3v) is 6.68. The molecule has 0 spiro atoms. The SMILES string of the molecule is COc1ccc(C(=O)N2CCN(Cc3cc(N4CCCN(C)CC4)ccc3C#N)CC2)cc1. The van der Waals surface area contributed by atoms with Gasteiger partial charge < -0.3 is 19.4 Å². The molecule has 0 aliphatic carbocycles. The maximum absolute atomic E-state index is 12.9. The van der Waals surface area contributed by atoms with Gasteiger partial charge in [-0.2, -0.15) is 5.26 Å². The van der Waals surface area contributed by atoms with Gasteiger partial charge >= 0.3 is 0 Å². The molecule has 174 valence electrons. The molecular weight excluding hydrogens is 414 g/mol. The summed E-state index contributed by atoms with van der Waals surface area (Å²) in [7, 11) is 3.79. The lowest BCUT2D eigenvalue weighted by Crippen LogP contribution is -2.48. The van der Waals surface area contributed by atoms with Crippen LogP contribution in [0.4, 0.5) is 5.69 Å². The summed E-state index contributed by atoms with van der Waals surface area (Å²) in [6.45, 7) is 7.93. The van der Waals surface area contributed by atoms with Gasteiger partial charge in [0.2, 0.25) is 0 Å². The molecule has 0 N–H and O–H groups in total. The van der Waals surface area contributed by atoms with E-state index in [4.69, 9.17) is 4.74 Å². The Bertz CT molecular complexity index is 993. The highest BCUT2D eigenvalue weighted by Gasteiger charge is 2.23. The summed E-state index contributed by atoms with van der Waals surface area (Å²) in [5.74, 6) is 0.808. The summed E-state index contributed by atoms with van der Waals surface area (Å²) in [6, 6.07) is 15.9. The fourth-order valence-electron chi connectivity index (χ4n) is 4.59. The average molecular weight is 448 g/mol. The van der Waals surface area contributed by atoms with Gasteiger partial charge in [0.15, 0.2) is 0 Å². The molecule has 0 unspecified atom stereocenters. The molecule has 2 heterocycles. The van der Waals surface area contributed by atoms with E-state index in [1.54, 1.807) is 7.11 Å². The molecule has 2 fully saturated rings. The number of hydrogen-bond acceptors (Lipinski definition) is 6. The number of ether oxygens (including phenoxy) is 1. The van der Waals surface area contributed by atoms with Crippen LogP contribution in [0.25, 0.3) is 0 Å². The van der Waals surface area contributed by atoms with Crippen molar-refractivity contribution in [2.24, 2.45) is 0 Å². The van der Waals surface area contributed by atoms with Crippen LogP contribution in [0.15, 0.2) is 42.5 Å². The molecule has 7 heteroatoms. The maximum Gasteiger partial charge on any atom is 0.253 e. The molecule has 4 rings (SSSR count). The number of nitriles is 1. The third kappa shape index (κ3) is 5.65. The van der Waals surface area contributed by atoms with E-state index in [-0.39, 0.29) is 5.91 Å². The predicted octanol–water partition coefficient (Wildman–Crippen LogP) is 2.67. The highest BCUT2D eigenvalue weighted by atomic mass is 16.5. The fraction of sp³-hybridized carbons (Fsp3) is 0.462. The fourth-order valence-corrected chi connectivity index (χ4v) is 4.59. The minimum absolute atomic E-state index is 0.0585. The quantitative estimate of drug-likeness (QED) is 0.702. The van der Waals surface area contributed by atoms with Crippen LogP contribution >= 0.6 is 0 Å². The van der Waals surface area contributed by atoms with Gasteiger partial charge in [-0.15, -0.1) is 0 Å². The van der Waals surface area contributed by atoms with E-state index in [1.165, 1.54) is 5.69 Å². The Morgan fingerprint density at radius 3 is 2.42 bits per heavy atom. The second kappa shape index (κ2) is 10.7. The Labute approximate surface area is 196 Å². The van der Waals surface area contributed by atoms with Gasteiger partial charge in [0, 0.05) is 63.6 Å². The molecule has 2 aromatic carbocycles. The summed E-state index contributed by atoms with van der Waals surface area (Å²) in [6.07, 6.45) is 1.15. The van der Waals surface area contributed by atoms with Crippen molar-refractivity contribution in [1.82, 2.24) is 14.7 Å². The molecule has 2 aliphatic heterocycles. The van der Waals surface area contributed by atoms with E-state index >= 15 is 0 Å². The zero-order valence-electron chi connectivity index (χ0n) is 19.7. The van der Waals surface area contributed by atoms with Gasteiger partial charge in [-0.3, -0.25) is 9.69 Å². The van der Waals surface area contributed by atoms with Crippen molar-refractivity contribution < 1.29 is 9.53 Å². The average Bonchev–Trinajstić information content (AvgIpc) is 3.08. The van der Waals surface area contributed by atoms with Crippen LogP contribution in [0.3, 0.4) is 0 Å². The Balaban J connectivity index is 1.38. The van der Waals surface area contributed by atoms with Crippen molar-refractivity contribution in [3.05, 3.63) is 59.2 Å². The van der Waals surface area contributed by atoms with Crippen molar-refractivity contribution in [2.45, 2.75) is 13.0 Å². The third-order valence-electron chi connectivity index (χ3n) is 6.68. The van der Waals surface area contributed by atoms with E-state index in [1.807, 2.05) is 35.2 Å². The number of hydrogen-bond donors (Lipinski definition) is 0. The van der Waals surface area contributed by atoms with Gasteiger partial charge in [-0.25, -0.2) is 0 Å². The first-order chi connectivity index (χ1) is 16.1. The predicted molar refractivity (Wildman–Crippen MR) is 130 cm³/mol. The molecule has 2 aromatic rings. The molecular formula is C26H33N5O2. The molecule has 0 bridgehead atoms. The molecule has 0 saturated carbocycles. The van der Waals surface area contributed by atoms with E-state index < -0.39 is 0 Å². The second-order valence-electron chi connectivity index (χ2n) is 8.89. The first-order valence-corrected chi connectivity index (χ1v) is 11.7. The zero-order chi connectivity index (χ0) is 23.2. The topological polar surface area (TPSA) is 63.1 Å². The number of benzene rings is 2. The van der Waals surface area contributed by atoms with Gasteiger partial charge in [0.25, 0.3) is 5.91 Å². The van der Waals surface area contributed by atoms with Crippen molar-refractivity contribution in [1.29, 1.82) is 5.26 Å². The van der Waals surface area contributed by atoms with Crippen molar-refractivity contribution in [3.8, 4) is 11.8 Å². The molecule has 2 saturated heterocycles. The first-order valence-electron chi connectivity index (χ1n) is 11.7. The number of methoxy groups -OCH3 is 1. The number of rotatable bonds is 5. The number of anilines is 1. The summed E-state index contributed by atoms with van der Waals surface area (Å²) >= 11 is 0. The van der Waals surface area contributed by atoms with Crippen LogP contribution in [0, 0.1) is 11.3 Å². The summed E-state index contributed by atoms with van der Waals surface area (Å²) in [5, 5.41) is 9.66. The van der Waals surface area contributed by atoms with E-state index in [2.05, 4.69) is 39.9 Å². The van der Waals surface area contributed by atoms with Gasteiger partial charge in [-0.1, -0.05) is 0 Å². The van der Waals surface area contributed by atoms with Crippen LogP contribution in [0.2, 0.25) is 0 Å². The smallest absolute Gasteiger partial charge is 0.253 e. The number of carbonyl (C=O) groups is 1. The number of amides is 1. The van der Waals surface area contributed by atoms with E-state index in [9.17, 15) is 10.1 Å². The molecule has 0 radical (unpaired) electrons. The molecule has 0 atom stereocenters. The molecule has 7 nitrogen and oxygen atoms in total. The highest BCUT2D eigenvalue weighted by molar-refractivity contribution is 5.94. The minimum atomic E-state index is 0.0585. The maximum atomic E-state index is 12.9. The van der Waals surface area contributed by atoms with Gasteiger partial charge in [-0.05, 0) is 68.0 Å². The molecule has 0 aromatic heterocycles. The van der Waals surface area contributed by atoms with Gasteiger partial charge in [0.05, 0.1) is 18.7 Å². The molecule has 33 heavy (non-hydrogen) atoms. The first kappa shape index (κ1) is 23.1. The van der Waals surface area contributed by atoms with Crippen LogP contribution in [-0.4, -0.2) is 87.1 Å². The van der Waals surface area contributed by atoms with Crippen LogP contribution in [0.5, 0.6) is 5.75 Å². The van der Waals surface area contributed by atoms with Crippen molar-refractivity contribution in [2.75, 3.05) is 71.4 Å². The Hall–Kier alpha value is -3.08. The normalized spacial score (nSPS) is 18.0. The largest absolute Gasteiger partial charge is 0.497 e. The Kier molecular flexibility index (Phi) is 7.48. The minimum Gasteiger partial charge on any atom is -0.497 e. The standard InChI is InChI=1S/C26H33N5O2/c1-28-10-3-11-30(15-12-28)24-7-4-22(19-27)23(18-24)20-29-13-16-31(17-14-29)26(32)21-5-8-25(33-2)9-6-21/h4-9,18H,3,10-17,20H2,1-2H3. The molecule has 1 amide bonds. The number of piperazine rings is 1.